The van der Waals surface area contributed by atoms with Crippen LogP contribution in [0.4, 0.5) is 0 Å². The molecule has 35 heavy (non-hydrogen) atoms. The number of phenols is 2. The molecule has 0 aromatic heterocycles. The summed E-state index contributed by atoms with van der Waals surface area (Å²) in [6, 6.07) is 8.35. The molecule has 0 aliphatic heterocycles. The van der Waals surface area contributed by atoms with Gasteiger partial charge in [0.1, 0.15) is 11.5 Å². The maximum absolute atomic E-state index is 10.4. The summed E-state index contributed by atoms with van der Waals surface area (Å²) in [7, 11) is 9.86. The number of hydrogen-bond donors (Lipinski definition) is 2. The first-order valence-corrected chi connectivity index (χ1v) is 19.3. The molecular formula is C30H48Cl2O2W. The SMILES string of the molecule is Cc1cc(C(C)(C)C)c(O)c(C(C)(C)C)c1.Cc1cc(C(C)(C)C)c(O)c(C(C)(C)C)c1.[Cl][W][Cl]. The van der Waals surface area contributed by atoms with Crippen LogP contribution in [-0.2, 0) is 38.1 Å². The minimum atomic E-state index is -0.806. The van der Waals surface area contributed by atoms with Crippen LogP contribution in [0.5, 0.6) is 11.5 Å². The third kappa shape index (κ3) is 10.7. The number of halogens is 2. The fraction of sp³-hybridized carbons (Fsp3) is 0.600. The van der Waals surface area contributed by atoms with Gasteiger partial charge in [0, 0.05) is 0 Å². The molecule has 2 aromatic carbocycles. The monoisotopic (exact) mass is 694 g/mol. The Morgan fingerprint density at radius 2 is 0.629 bits per heavy atom. The van der Waals surface area contributed by atoms with E-state index in [2.05, 4.69) is 121 Å². The van der Waals surface area contributed by atoms with Gasteiger partial charge in [-0.3, -0.25) is 0 Å². The van der Waals surface area contributed by atoms with E-state index in [1.54, 1.807) is 0 Å². The second-order valence-electron chi connectivity index (χ2n) is 13.5. The zero-order chi connectivity index (χ0) is 28.2. The molecule has 0 saturated heterocycles. The molecule has 2 rings (SSSR count). The molecule has 0 atom stereocenters. The van der Waals surface area contributed by atoms with E-state index in [9.17, 15) is 10.2 Å². The first-order chi connectivity index (χ1) is 15.5. The molecule has 0 unspecified atom stereocenters. The molecule has 2 aromatic rings. The standard InChI is InChI=1S/2C15H24O.2ClH.W/c2*1-10-8-11(14(2,3)4)13(16)12(9-10)15(5,6)7;;;/h2*8-9,16H,1-7H3;2*1H;/q;;;;+2/p-2. The van der Waals surface area contributed by atoms with Crippen molar-refractivity contribution in [2.24, 2.45) is 0 Å². The average molecular weight is 695 g/mol. The summed E-state index contributed by atoms with van der Waals surface area (Å²) in [5.74, 6) is 0.927. The first-order valence-electron chi connectivity index (χ1n) is 12.1. The van der Waals surface area contributed by atoms with E-state index < -0.39 is 16.5 Å². The van der Waals surface area contributed by atoms with Crippen LogP contribution in [0, 0.1) is 13.8 Å². The Morgan fingerprint density at radius 3 is 0.743 bits per heavy atom. The van der Waals surface area contributed by atoms with Gasteiger partial charge in [0.2, 0.25) is 0 Å². The normalized spacial score (nSPS) is 12.3. The van der Waals surface area contributed by atoms with Crippen LogP contribution in [0.15, 0.2) is 24.3 Å². The van der Waals surface area contributed by atoms with Crippen molar-refractivity contribution in [1.82, 2.24) is 0 Å². The molecule has 0 radical (unpaired) electrons. The van der Waals surface area contributed by atoms with Gasteiger partial charge < -0.3 is 10.2 Å². The van der Waals surface area contributed by atoms with Crippen molar-refractivity contribution >= 4 is 18.8 Å². The summed E-state index contributed by atoms with van der Waals surface area (Å²) in [5.41, 5.74) is 6.52. The Hall–Kier alpha value is -0.692. The molecular weight excluding hydrogens is 647 g/mol. The maximum atomic E-state index is 10.4. The fourth-order valence-electron chi connectivity index (χ4n) is 3.84. The Bertz CT molecular complexity index is 820. The van der Waals surface area contributed by atoms with E-state index in [-0.39, 0.29) is 21.7 Å². The molecule has 0 fully saturated rings. The number of benzene rings is 2. The Kier molecular flexibility index (Phi) is 12.5. The zero-order valence-corrected chi connectivity index (χ0v) is 28.8. The molecule has 0 spiro atoms. The number of phenolic OH excluding ortho intramolecular Hbond substituents is 2. The summed E-state index contributed by atoms with van der Waals surface area (Å²) in [6.07, 6.45) is 0. The summed E-state index contributed by atoms with van der Waals surface area (Å²) in [5, 5.41) is 20.8. The molecule has 5 heteroatoms. The Morgan fingerprint density at radius 1 is 0.486 bits per heavy atom. The molecule has 0 aliphatic rings. The molecule has 0 amide bonds. The Balaban J connectivity index is 0.000000594. The van der Waals surface area contributed by atoms with Gasteiger partial charge in [0.05, 0.1) is 0 Å². The fourth-order valence-corrected chi connectivity index (χ4v) is 3.84. The first kappa shape index (κ1) is 34.3. The molecule has 0 bridgehead atoms. The van der Waals surface area contributed by atoms with Crippen LogP contribution in [0.2, 0.25) is 0 Å². The van der Waals surface area contributed by atoms with E-state index in [1.807, 2.05) is 0 Å². The third-order valence-corrected chi connectivity index (χ3v) is 5.74. The van der Waals surface area contributed by atoms with Gasteiger partial charge in [-0.05, 0) is 57.8 Å². The van der Waals surface area contributed by atoms with Crippen LogP contribution < -0.4 is 0 Å². The number of hydrogen-bond acceptors (Lipinski definition) is 2. The van der Waals surface area contributed by atoms with Crippen molar-refractivity contribution in [2.45, 2.75) is 119 Å². The number of rotatable bonds is 0. The molecule has 0 aliphatic carbocycles. The van der Waals surface area contributed by atoms with Crippen LogP contribution in [0.25, 0.3) is 0 Å². The predicted octanol–water partition coefficient (Wildman–Crippen LogP) is 9.97. The molecule has 200 valence electrons. The van der Waals surface area contributed by atoms with E-state index in [0.717, 1.165) is 22.3 Å². The van der Waals surface area contributed by atoms with Gasteiger partial charge >= 0.3 is 35.3 Å². The average Bonchev–Trinajstić information content (AvgIpc) is 2.62. The van der Waals surface area contributed by atoms with Crippen LogP contribution in [0.1, 0.15) is 116 Å². The Labute approximate surface area is 232 Å². The predicted molar refractivity (Wildman–Crippen MR) is 152 cm³/mol. The van der Waals surface area contributed by atoms with Crippen molar-refractivity contribution in [2.75, 3.05) is 0 Å². The van der Waals surface area contributed by atoms with Crippen LogP contribution in [-0.4, -0.2) is 10.2 Å². The summed E-state index contributed by atoms with van der Waals surface area (Å²) in [4.78, 5) is 0. The van der Waals surface area contributed by atoms with Gasteiger partial charge in [0.25, 0.3) is 0 Å². The molecule has 2 nitrogen and oxygen atoms in total. The second-order valence-corrected chi connectivity index (χ2v) is 17.7. The quantitative estimate of drug-likeness (QED) is 0.288. The van der Waals surface area contributed by atoms with E-state index >= 15 is 0 Å². The summed E-state index contributed by atoms with van der Waals surface area (Å²) >= 11 is -0.806. The van der Waals surface area contributed by atoms with Gasteiger partial charge in [0.15, 0.2) is 0 Å². The van der Waals surface area contributed by atoms with Crippen LogP contribution >= 0.6 is 18.8 Å². The summed E-state index contributed by atoms with van der Waals surface area (Å²) < 4.78 is 0. The third-order valence-electron chi connectivity index (χ3n) is 5.74. The molecule has 0 saturated carbocycles. The van der Waals surface area contributed by atoms with Gasteiger partial charge in [-0.2, -0.15) is 0 Å². The molecule has 0 heterocycles. The van der Waals surface area contributed by atoms with E-state index in [4.69, 9.17) is 18.8 Å². The van der Waals surface area contributed by atoms with Crippen molar-refractivity contribution in [1.29, 1.82) is 0 Å². The van der Waals surface area contributed by atoms with Crippen LogP contribution in [0.3, 0.4) is 0 Å². The van der Waals surface area contributed by atoms with E-state index in [0.29, 0.717) is 11.5 Å². The summed E-state index contributed by atoms with van der Waals surface area (Å²) in [6.45, 7) is 29.8. The topological polar surface area (TPSA) is 40.5 Å². The van der Waals surface area contributed by atoms with Crippen molar-refractivity contribution in [3.8, 4) is 11.5 Å². The van der Waals surface area contributed by atoms with Crippen molar-refractivity contribution in [3.05, 3.63) is 57.6 Å². The number of aromatic hydroxyl groups is 2. The van der Waals surface area contributed by atoms with Gasteiger partial charge in [-0.15, -0.1) is 0 Å². The van der Waals surface area contributed by atoms with Crippen molar-refractivity contribution in [3.63, 3.8) is 0 Å². The molecule has 2 N–H and O–H groups in total. The number of aryl methyl sites for hydroxylation is 2. The van der Waals surface area contributed by atoms with Gasteiger partial charge in [-0.1, -0.05) is 118 Å². The van der Waals surface area contributed by atoms with Gasteiger partial charge in [-0.25, -0.2) is 0 Å². The second kappa shape index (κ2) is 12.7. The minimum absolute atomic E-state index is 0.0178. The van der Waals surface area contributed by atoms with Crippen molar-refractivity contribution < 1.29 is 26.7 Å². The zero-order valence-electron chi connectivity index (χ0n) is 24.4. The van der Waals surface area contributed by atoms with E-state index in [1.165, 1.54) is 11.1 Å².